The van der Waals surface area contributed by atoms with Gasteiger partial charge in [-0.3, -0.25) is 4.79 Å². The number of carbonyl (C=O) groups excluding carboxylic acids is 2. The molecule has 110 valence electrons. The minimum absolute atomic E-state index is 0.179. The number of hydrogen-bond acceptors (Lipinski definition) is 3. The fourth-order valence-corrected chi connectivity index (χ4v) is 1.60. The predicted molar refractivity (Wildman–Crippen MR) is 73.9 cm³/mol. The maximum Gasteiger partial charge on any atom is 0.328 e. The topological polar surface area (TPSA) is 55.4 Å². The van der Waals surface area contributed by atoms with Gasteiger partial charge in [0.1, 0.15) is 17.5 Å². The zero-order chi connectivity index (χ0) is 15.5. The van der Waals surface area contributed by atoms with E-state index in [1.54, 1.807) is 33.8 Å². The highest BCUT2D eigenvalue weighted by molar-refractivity contribution is 5.96. The minimum atomic E-state index is -0.801. The lowest BCUT2D eigenvalue weighted by molar-refractivity contribution is -0.156. The quantitative estimate of drug-likeness (QED) is 0.866. The Morgan fingerprint density at radius 1 is 1.25 bits per heavy atom. The fraction of sp³-hybridized carbons (Fsp3) is 0.467. The average molecular weight is 281 g/mol. The maximum absolute atomic E-state index is 13.2. The Balaban J connectivity index is 2.72. The molecule has 0 spiro atoms. The Labute approximate surface area is 118 Å². The van der Waals surface area contributed by atoms with Crippen LogP contribution < -0.4 is 5.32 Å². The van der Waals surface area contributed by atoms with E-state index in [0.29, 0.717) is 5.56 Å². The Hall–Kier alpha value is -1.91. The Bertz CT molecular complexity index is 500. The second-order valence-electron chi connectivity index (χ2n) is 5.75. The summed E-state index contributed by atoms with van der Waals surface area (Å²) in [6, 6.07) is 3.21. The number of hydrogen-bond donors (Lipinski definition) is 1. The van der Waals surface area contributed by atoms with Crippen LogP contribution in [0.2, 0.25) is 0 Å². The van der Waals surface area contributed by atoms with Gasteiger partial charge in [-0.15, -0.1) is 0 Å². The molecule has 1 amide bonds. The van der Waals surface area contributed by atoms with Crippen molar-refractivity contribution in [3.63, 3.8) is 0 Å². The number of aryl methyl sites for hydroxylation is 1. The molecule has 0 aliphatic rings. The molecular formula is C15H20FNO3. The van der Waals surface area contributed by atoms with Gasteiger partial charge in [-0.05, 0) is 58.4 Å². The summed E-state index contributed by atoms with van der Waals surface area (Å²) >= 11 is 0. The van der Waals surface area contributed by atoms with Gasteiger partial charge < -0.3 is 10.1 Å². The van der Waals surface area contributed by atoms with E-state index in [4.69, 9.17) is 4.74 Å². The van der Waals surface area contributed by atoms with E-state index >= 15 is 0 Å². The summed E-state index contributed by atoms with van der Waals surface area (Å²) in [4.78, 5) is 23.7. The number of nitrogens with one attached hydrogen (secondary N) is 1. The van der Waals surface area contributed by atoms with Crippen molar-refractivity contribution in [1.29, 1.82) is 0 Å². The summed E-state index contributed by atoms with van der Waals surface area (Å²) in [6.45, 7) is 8.45. The van der Waals surface area contributed by atoms with Gasteiger partial charge in [-0.25, -0.2) is 9.18 Å². The first-order valence-corrected chi connectivity index (χ1v) is 6.39. The van der Waals surface area contributed by atoms with Crippen molar-refractivity contribution in [2.24, 2.45) is 0 Å². The largest absolute Gasteiger partial charge is 0.458 e. The summed E-state index contributed by atoms with van der Waals surface area (Å²) in [5.41, 5.74) is 0.198. The monoisotopic (exact) mass is 281 g/mol. The van der Waals surface area contributed by atoms with Gasteiger partial charge in [-0.2, -0.15) is 0 Å². The summed E-state index contributed by atoms with van der Waals surface area (Å²) in [6.07, 6.45) is 0. The van der Waals surface area contributed by atoms with Crippen LogP contribution in [0.5, 0.6) is 0 Å². The third kappa shape index (κ3) is 4.99. The normalized spacial score (nSPS) is 12.7. The average Bonchev–Trinajstić information content (AvgIpc) is 2.25. The standard InChI is InChI=1S/C15H20FNO3/c1-9-6-11(8-12(16)7-9)13(18)17-10(2)14(19)20-15(3,4)5/h6-8,10H,1-5H3,(H,17,18)/t10-/m0/s1. The van der Waals surface area contributed by atoms with Crippen molar-refractivity contribution < 1.29 is 18.7 Å². The first kappa shape index (κ1) is 16.1. The number of rotatable bonds is 3. The van der Waals surface area contributed by atoms with Gasteiger partial charge in [0.2, 0.25) is 0 Å². The molecule has 0 saturated carbocycles. The van der Waals surface area contributed by atoms with Crippen molar-refractivity contribution >= 4 is 11.9 Å². The number of benzene rings is 1. The fourth-order valence-electron chi connectivity index (χ4n) is 1.60. The van der Waals surface area contributed by atoms with Crippen molar-refractivity contribution in [1.82, 2.24) is 5.32 Å². The van der Waals surface area contributed by atoms with Gasteiger partial charge in [-0.1, -0.05) is 0 Å². The maximum atomic E-state index is 13.2. The lowest BCUT2D eigenvalue weighted by Gasteiger charge is -2.22. The molecule has 0 fully saturated rings. The summed E-state index contributed by atoms with van der Waals surface area (Å²) in [5.74, 6) is -1.52. The zero-order valence-corrected chi connectivity index (χ0v) is 12.4. The van der Waals surface area contributed by atoms with E-state index in [1.165, 1.54) is 13.0 Å². The molecule has 0 bridgehead atoms. The Morgan fingerprint density at radius 2 is 1.85 bits per heavy atom. The Kier molecular flexibility index (Phi) is 4.87. The van der Waals surface area contributed by atoms with E-state index in [2.05, 4.69) is 5.32 Å². The second-order valence-corrected chi connectivity index (χ2v) is 5.75. The van der Waals surface area contributed by atoms with E-state index in [9.17, 15) is 14.0 Å². The van der Waals surface area contributed by atoms with Crippen LogP contribution in [0.3, 0.4) is 0 Å². The number of carbonyl (C=O) groups is 2. The molecule has 0 aromatic heterocycles. The van der Waals surface area contributed by atoms with Gasteiger partial charge in [0, 0.05) is 5.56 Å². The van der Waals surface area contributed by atoms with Crippen LogP contribution in [-0.4, -0.2) is 23.5 Å². The molecule has 1 atom stereocenters. The van der Waals surface area contributed by atoms with Crippen LogP contribution in [0.4, 0.5) is 4.39 Å². The molecule has 1 N–H and O–H groups in total. The molecule has 1 aromatic carbocycles. The molecule has 1 rings (SSSR count). The zero-order valence-electron chi connectivity index (χ0n) is 12.4. The smallest absolute Gasteiger partial charge is 0.328 e. The summed E-state index contributed by atoms with van der Waals surface area (Å²) in [5, 5.41) is 2.49. The highest BCUT2D eigenvalue weighted by Crippen LogP contribution is 2.10. The van der Waals surface area contributed by atoms with Crippen molar-refractivity contribution in [2.45, 2.75) is 46.3 Å². The predicted octanol–water partition coefficient (Wildman–Crippen LogP) is 2.59. The highest BCUT2D eigenvalue weighted by Gasteiger charge is 2.23. The van der Waals surface area contributed by atoms with Crippen LogP contribution in [0.1, 0.15) is 43.6 Å². The van der Waals surface area contributed by atoms with Crippen LogP contribution in [0, 0.1) is 12.7 Å². The van der Waals surface area contributed by atoms with E-state index in [0.717, 1.165) is 6.07 Å². The SMILES string of the molecule is Cc1cc(F)cc(C(=O)N[C@@H](C)C(=O)OC(C)(C)C)c1. The minimum Gasteiger partial charge on any atom is -0.458 e. The first-order valence-electron chi connectivity index (χ1n) is 6.39. The molecule has 0 radical (unpaired) electrons. The van der Waals surface area contributed by atoms with E-state index in [-0.39, 0.29) is 5.56 Å². The highest BCUT2D eigenvalue weighted by atomic mass is 19.1. The number of halogens is 1. The van der Waals surface area contributed by atoms with Gasteiger partial charge in [0.25, 0.3) is 5.91 Å². The lowest BCUT2D eigenvalue weighted by atomic mass is 10.1. The van der Waals surface area contributed by atoms with Crippen LogP contribution in [0.25, 0.3) is 0 Å². The van der Waals surface area contributed by atoms with Gasteiger partial charge >= 0.3 is 5.97 Å². The summed E-state index contributed by atoms with van der Waals surface area (Å²) in [7, 11) is 0. The molecule has 5 heteroatoms. The van der Waals surface area contributed by atoms with Crippen molar-refractivity contribution in [3.05, 3.63) is 35.1 Å². The van der Waals surface area contributed by atoms with Crippen molar-refractivity contribution in [3.8, 4) is 0 Å². The molecule has 0 aliphatic heterocycles. The third-order valence-corrected chi connectivity index (χ3v) is 2.41. The lowest BCUT2D eigenvalue weighted by Crippen LogP contribution is -2.42. The Morgan fingerprint density at radius 3 is 2.35 bits per heavy atom. The molecule has 0 heterocycles. The van der Waals surface area contributed by atoms with Gasteiger partial charge in [0.15, 0.2) is 0 Å². The molecular weight excluding hydrogens is 261 g/mol. The van der Waals surface area contributed by atoms with Crippen LogP contribution in [0.15, 0.2) is 18.2 Å². The second kappa shape index (κ2) is 6.03. The van der Waals surface area contributed by atoms with E-state index < -0.39 is 29.3 Å². The number of esters is 1. The molecule has 0 unspecified atom stereocenters. The first-order chi connectivity index (χ1) is 9.08. The molecule has 0 saturated heterocycles. The number of amides is 1. The van der Waals surface area contributed by atoms with Crippen molar-refractivity contribution in [2.75, 3.05) is 0 Å². The van der Waals surface area contributed by atoms with Crippen LogP contribution >= 0.6 is 0 Å². The summed E-state index contributed by atoms with van der Waals surface area (Å²) < 4.78 is 18.4. The molecule has 1 aromatic rings. The van der Waals surface area contributed by atoms with Crippen LogP contribution in [-0.2, 0) is 9.53 Å². The molecule has 4 nitrogen and oxygen atoms in total. The van der Waals surface area contributed by atoms with E-state index in [1.807, 2.05) is 0 Å². The number of ether oxygens (including phenoxy) is 1. The molecule has 0 aliphatic carbocycles. The third-order valence-electron chi connectivity index (χ3n) is 2.41. The van der Waals surface area contributed by atoms with Gasteiger partial charge in [0.05, 0.1) is 0 Å². The molecule has 20 heavy (non-hydrogen) atoms.